The van der Waals surface area contributed by atoms with Crippen LogP contribution >= 0.6 is 0 Å². The molecule has 1 unspecified atom stereocenters. The average Bonchev–Trinajstić information content (AvgIpc) is 2.93. The minimum atomic E-state index is 0.220. The molecule has 5 nitrogen and oxygen atoms in total. The lowest BCUT2D eigenvalue weighted by Crippen LogP contribution is -2.14. The van der Waals surface area contributed by atoms with E-state index in [-0.39, 0.29) is 12.0 Å². The van der Waals surface area contributed by atoms with Crippen molar-refractivity contribution in [3.8, 4) is 5.75 Å². The molecule has 0 bridgehead atoms. The standard InChI is InChI=1S/C16H23N3O2/c1-10(2)16-18-15(19-21-16)9-20-14-8-11(3)6-7-13(14)12(4)17-5/h6-8,10,12,17H,9H2,1-5H3. The van der Waals surface area contributed by atoms with Gasteiger partial charge >= 0.3 is 0 Å². The van der Waals surface area contributed by atoms with Crippen molar-refractivity contribution in [3.05, 3.63) is 41.0 Å². The topological polar surface area (TPSA) is 60.2 Å². The van der Waals surface area contributed by atoms with Gasteiger partial charge in [-0.3, -0.25) is 0 Å². The van der Waals surface area contributed by atoms with Crippen LogP contribution in [0.2, 0.25) is 0 Å². The summed E-state index contributed by atoms with van der Waals surface area (Å²) in [5.41, 5.74) is 2.28. The van der Waals surface area contributed by atoms with Gasteiger partial charge in [0.1, 0.15) is 5.75 Å². The van der Waals surface area contributed by atoms with Crippen molar-refractivity contribution in [2.75, 3.05) is 7.05 Å². The van der Waals surface area contributed by atoms with E-state index in [4.69, 9.17) is 9.26 Å². The Morgan fingerprint density at radius 1 is 1.29 bits per heavy atom. The quantitative estimate of drug-likeness (QED) is 0.883. The first-order valence-electron chi connectivity index (χ1n) is 7.24. The zero-order chi connectivity index (χ0) is 15.4. The second-order valence-electron chi connectivity index (χ2n) is 5.54. The van der Waals surface area contributed by atoms with Crippen LogP contribution in [-0.4, -0.2) is 17.2 Å². The molecule has 0 aliphatic rings. The van der Waals surface area contributed by atoms with Crippen molar-refractivity contribution in [1.29, 1.82) is 0 Å². The second kappa shape index (κ2) is 6.72. The fraction of sp³-hybridized carbons (Fsp3) is 0.500. The predicted octanol–water partition coefficient (Wildman–Crippen LogP) is 3.36. The van der Waals surface area contributed by atoms with Gasteiger partial charge in [0.05, 0.1) is 0 Å². The third kappa shape index (κ3) is 3.82. The first kappa shape index (κ1) is 15.5. The molecular formula is C16H23N3O2. The van der Waals surface area contributed by atoms with Gasteiger partial charge in [0.15, 0.2) is 6.61 Å². The summed E-state index contributed by atoms with van der Waals surface area (Å²) in [6.07, 6.45) is 0. The van der Waals surface area contributed by atoms with Crippen molar-refractivity contribution in [3.63, 3.8) is 0 Å². The Balaban J connectivity index is 2.13. The van der Waals surface area contributed by atoms with Crippen LogP contribution in [0.3, 0.4) is 0 Å². The molecule has 1 N–H and O–H groups in total. The van der Waals surface area contributed by atoms with Crippen LogP contribution < -0.4 is 10.1 Å². The lowest BCUT2D eigenvalue weighted by molar-refractivity contribution is 0.279. The number of benzene rings is 1. The van der Waals surface area contributed by atoms with Crippen LogP contribution in [0.15, 0.2) is 22.7 Å². The number of nitrogens with one attached hydrogen (secondary N) is 1. The summed E-state index contributed by atoms with van der Waals surface area (Å²) in [6.45, 7) is 8.49. The molecule has 0 radical (unpaired) electrons. The highest BCUT2D eigenvalue weighted by Gasteiger charge is 2.13. The number of ether oxygens (including phenoxy) is 1. The molecule has 1 aromatic heterocycles. The van der Waals surface area contributed by atoms with E-state index in [0.29, 0.717) is 18.3 Å². The highest BCUT2D eigenvalue weighted by atomic mass is 16.5. The molecule has 0 fully saturated rings. The molecular weight excluding hydrogens is 266 g/mol. The van der Waals surface area contributed by atoms with Gasteiger partial charge in [0, 0.05) is 17.5 Å². The van der Waals surface area contributed by atoms with Gasteiger partial charge in [0.25, 0.3) is 0 Å². The molecule has 114 valence electrons. The summed E-state index contributed by atoms with van der Waals surface area (Å²) in [4.78, 5) is 4.32. The lowest BCUT2D eigenvalue weighted by atomic mass is 10.1. The Morgan fingerprint density at radius 2 is 2.05 bits per heavy atom. The van der Waals surface area contributed by atoms with Crippen molar-refractivity contribution < 1.29 is 9.26 Å². The van der Waals surface area contributed by atoms with Crippen LogP contribution in [0.4, 0.5) is 0 Å². The van der Waals surface area contributed by atoms with Gasteiger partial charge in [-0.05, 0) is 32.5 Å². The lowest BCUT2D eigenvalue weighted by Gasteiger charge is -2.16. The van der Waals surface area contributed by atoms with Crippen molar-refractivity contribution in [2.45, 2.75) is 46.3 Å². The summed E-state index contributed by atoms with van der Waals surface area (Å²) in [7, 11) is 1.93. The molecule has 21 heavy (non-hydrogen) atoms. The fourth-order valence-corrected chi connectivity index (χ4v) is 1.98. The van der Waals surface area contributed by atoms with Crippen LogP contribution in [0, 0.1) is 6.92 Å². The summed E-state index contributed by atoms with van der Waals surface area (Å²) >= 11 is 0. The molecule has 0 saturated carbocycles. The Morgan fingerprint density at radius 3 is 2.67 bits per heavy atom. The SMILES string of the molecule is CNC(C)c1ccc(C)cc1OCc1noc(C(C)C)n1. The molecule has 0 saturated heterocycles. The Kier molecular flexibility index (Phi) is 4.96. The summed E-state index contributed by atoms with van der Waals surface area (Å²) < 4.78 is 11.1. The molecule has 0 aliphatic carbocycles. The van der Waals surface area contributed by atoms with Crippen LogP contribution in [-0.2, 0) is 6.61 Å². The monoisotopic (exact) mass is 289 g/mol. The minimum absolute atomic E-state index is 0.220. The number of nitrogens with zero attached hydrogens (tertiary/aromatic N) is 2. The van der Waals surface area contributed by atoms with E-state index in [1.54, 1.807) is 0 Å². The minimum Gasteiger partial charge on any atom is -0.485 e. The largest absolute Gasteiger partial charge is 0.485 e. The smallest absolute Gasteiger partial charge is 0.229 e. The molecule has 0 aliphatic heterocycles. The second-order valence-corrected chi connectivity index (χ2v) is 5.54. The molecule has 1 heterocycles. The number of hydrogen-bond donors (Lipinski definition) is 1. The maximum atomic E-state index is 5.90. The first-order chi connectivity index (χ1) is 10.0. The van der Waals surface area contributed by atoms with Gasteiger partial charge in [-0.1, -0.05) is 31.1 Å². The third-order valence-corrected chi connectivity index (χ3v) is 3.40. The molecule has 1 aromatic carbocycles. The van der Waals surface area contributed by atoms with Crippen molar-refractivity contribution >= 4 is 0 Å². The third-order valence-electron chi connectivity index (χ3n) is 3.40. The van der Waals surface area contributed by atoms with E-state index in [0.717, 1.165) is 16.9 Å². The molecule has 0 amide bonds. The van der Waals surface area contributed by atoms with E-state index < -0.39 is 0 Å². The van der Waals surface area contributed by atoms with Gasteiger partial charge < -0.3 is 14.6 Å². The highest BCUT2D eigenvalue weighted by Crippen LogP contribution is 2.27. The maximum absolute atomic E-state index is 5.90. The molecule has 2 aromatic rings. The summed E-state index contributed by atoms with van der Waals surface area (Å²) in [6, 6.07) is 6.42. The Hall–Kier alpha value is -1.88. The number of aryl methyl sites for hydroxylation is 1. The average molecular weight is 289 g/mol. The van der Waals surface area contributed by atoms with Crippen molar-refractivity contribution in [2.24, 2.45) is 0 Å². The normalized spacial score (nSPS) is 12.7. The first-order valence-corrected chi connectivity index (χ1v) is 7.24. The predicted molar refractivity (Wildman–Crippen MR) is 81.4 cm³/mol. The van der Waals surface area contributed by atoms with E-state index in [1.807, 2.05) is 33.9 Å². The number of aromatic nitrogens is 2. The van der Waals surface area contributed by atoms with E-state index in [9.17, 15) is 0 Å². The van der Waals surface area contributed by atoms with Gasteiger partial charge in [-0.2, -0.15) is 4.98 Å². The maximum Gasteiger partial charge on any atom is 0.229 e. The molecule has 5 heteroatoms. The zero-order valence-corrected chi connectivity index (χ0v) is 13.3. The van der Waals surface area contributed by atoms with Crippen LogP contribution in [0.5, 0.6) is 5.75 Å². The zero-order valence-electron chi connectivity index (χ0n) is 13.3. The molecule has 0 spiro atoms. The summed E-state index contributed by atoms with van der Waals surface area (Å²) in [5.74, 6) is 2.29. The van der Waals surface area contributed by atoms with Gasteiger partial charge in [-0.15, -0.1) is 0 Å². The van der Waals surface area contributed by atoms with Crippen LogP contribution in [0.1, 0.15) is 55.6 Å². The Bertz CT molecular complexity index is 593. The van der Waals surface area contributed by atoms with E-state index >= 15 is 0 Å². The highest BCUT2D eigenvalue weighted by molar-refractivity contribution is 5.39. The number of hydrogen-bond acceptors (Lipinski definition) is 5. The molecule has 1 atom stereocenters. The molecule has 2 rings (SSSR count). The van der Waals surface area contributed by atoms with Gasteiger partial charge in [0.2, 0.25) is 11.7 Å². The van der Waals surface area contributed by atoms with E-state index in [2.05, 4.69) is 34.5 Å². The van der Waals surface area contributed by atoms with Gasteiger partial charge in [-0.25, -0.2) is 0 Å². The fourth-order valence-electron chi connectivity index (χ4n) is 1.98. The van der Waals surface area contributed by atoms with Crippen LogP contribution in [0.25, 0.3) is 0 Å². The van der Waals surface area contributed by atoms with E-state index in [1.165, 1.54) is 0 Å². The Labute approximate surface area is 125 Å². The van der Waals surface area contributed by atoms with Crippen molar-refractivity contribution in [1.82, 2.24) is 15.5 Å². The summed E-state index contributed by atoms with van der Waals surface area (Å²) in [5, 5.41) is 7.17. The number of rotatable bonds is 6.